The molecule has 0 heterocycles. The van der Waals surface area contributed by atoms with Crippen LogP contribution in [0.3, 0.4) is 0 Å². The summed E-state index contributed by atoms with van der Waals surface area (Å²) in [5.41, 5.74) is 6.78. The molecule has 2 N–H and O–H groups in total. The lowest BCUT2D eigenvalue weighted by atomic mass is 10.1. The normalized spacial score (nSPS) is 12.2. The summed E-state index contributed by atoms with van der Waals surface area (Å²) in [6.45, 7) is 5.07. The molecule has 0 aliphatic heterocycles. The van der Waals surface area contributed by atoms with E-state index in [2.05, 4.69) is 0 Å². The molecule has 0 spiro atoms. The Morgan fingerprint density at radius 1 is 1.47 bits per heavy atom. The van der Waals surface area contributed by atoms with E-state index in [1.807, 2.05) is 38.1 Å². The number of amides is 1. The van der Waals surface area contributed by atoms with Crippen LogP contribution in [-0.4, -0.2) is 23.4 Å². The van der Waals surface area contributed by atoms with Crippen LogP contribution in [0.1, 0.15) is 25.8 Å². The van der Waals surface area contributed by atoms with Crippen molar-refractivity contribution < 1.29 is 4.79 Å². The van der Waals surface area contributed by atoms with Gasteiger partial charge in [-0.05, 0) is 31.0 Å². The quantitative estimate of drug-likeness (QED) is 0.877. The third kappa shape index (κ3) is 4.02. The lowest BCUT2D eigenvalue weighted by Crippen LogP contribution is -2.42. The van der Waals surface area contributed by atoms with Crippen molar-refractivity contribution in [1.82, 2.24) is 4.90 Å². The molecule has 0 radical (unpaired) electrons. The Hall–Kier alpha value is -1.06. The molecular formula is C13H19ClN2O. The minimum atomic E-state index is -0.408. The Kier molecular flexibility index (Phi) is 5.45. The molecule has 0 aliphatic carbocycles. The van der Waals surface area contributed by atoms with Crippen LogP contribution < -0.4 is 5.73 Å². The van der Waals surface area contributed by atoms with E-state index >= 15 is 0 Å². The van der Waals surface area contributed by atoms with Gasteiger partial charge in [0.1, 0.15) is 0 Å². The van der Waals surface area contributed by atoms with Gasteiger partial charge in [0.05, 0.1) is 6.04 Å². The van der Waals surface area contributed by atoms with E-state index in [1.165, 1.54) is 0 Å². The van der Waals surface area contributed by atoms with Gasteiger partial charge in [0, 0.05) is 18.1 Å². The number of benzene rings is 1. The molecule has 1 amide bonds. The van der Waals surface area contributed by atoms with Crippen LogP contribution in [0.15, 0.2) is 24.3 Å². The molecule has 1 atom stereocenters. The number of rotatable bonds is 5. The maximum Gasteiger partial charge on any atom is 0.239 e. The molecular weight excluding hydrogens is 236 g/mol. The highest BCUT2D eigenvalue weighted by Crippen LogP contribution is 2.13. The highest BCUT2D eigenvalue weighted by Gasteiger charge is 2.18. The van der Waals surface area contributed by atoms with Gasteiger partial charge in [-0.3, -0.25) is 4.79 Å². The number of carbonyl (C=O) groups excluding carboxylic acids is 1. The molecule has 3 nitrogen and oxygen atoms in total. The van der Waals surface area contributed by atoms with Crippen LogP contribution in [0.5, 0.6) is 0 Å². The molecule has 0 fully saturated rings. The molecule has 0 saturated carbocycles. The largest absolute Gasteiger partial charge is 0.337 e. The topological polar surface area (TPSA) is 46.3 Å². The highest BCUT2D eigenvalue weighted by molar-refractivity contribution is 6.30. The van der Waals surface area contributed by atoms with Crippen LogP contribution in [-0.2, 0) is 11.3 Å². The molecule has 94 valence electrons. The first-order valence-corrected chi connectivity index (χ1v) is 6.25. The van der Waals surface area contributed by atoms with Gasteiger partial charge in [0.2, 0.25) is 5.91 Å². The number of hydrogen-bond donors (Lipinski definition) is 1. The van der Waals surface area contributed by atoms with E-state index in [-0.39, 0.29) is 5.91 Å². The molecule has 1 aromatic rings. The van der Waals surface area contributed by atoms with Gasteiger partial charge in [-0.25, -0.2) is 0 Å². The first-order valence-electron chi connectivity index (χ1n) is 5.87. The molecule has 0 aliphatic rings. The standard InChI is InChI=1S/C13H19ClN2O/c1-3-12(15)13(17)16(4-2)9-10-6-5-7-11(14)8-10/h5-8,12H,3-4,9,15H2,1-2H3. The summed E-state index contributed by atoms with van der Waals surface area (Å²) >= 11 is 5.91. The molecule has 0 saturated heterocycles. The second-order valence-corrected chi connectivity index (χ2v) is 4.43. The maximum absolute atomic E-state index is 12.0. The molecule has 1 unspecified atom stereocenters. The number of halogens is 1. The Labute approximate surface area is 108 Å². The Bertz CT molecular complexity index is 381. The predicted molar refractivity (Wildman–Crippen MR) is 70.8 cm³/mol. The van der Waals surface area contributed by atoms with E-state index in [1.54, 1.807) is 4.90 Å². The van der Waals surface area contributed by atoms with Crippen LogP contribution in [0.4, 0.5) is 0 Å². The summed E-state index contributed by atoms with van der Waals surface area (Å²) < 4.78 is 0. The van der Waals surface area contributed by atoms with E-state index in [9.17, 15) is 4.79 Å². The van der Waals surface area contributed by atoms with Crippen molar-refractivity contribution in [3.8, 4) is 0 Å². The minimum Gasteiger partial charge on any atom is -0.337 e. The van der Waals surface area contributed by atoms with Crippen molar-refractivity contribution in [3.05, 3.63) is 34.9 Å². The van der Waals surface area contributed by atoms with E-state index in [0.717, 1.165) is 5.56 Å². The first kappa shape index (κ1) is 14.0. The summed E-state index contributed by atoms with van der Waals surface area (Å²) in [5, 5.41) is 0.686. The van der Waals surface area contributed by atoms with Crippen molar-refractivity contribution in [3.63, 3.8) is 0 Å². The fraction of sp³-hybridized carbons (Fsp3) is 0.462. The van der Waals surface area contributed by atoms with E-state index < -0.39 is 6.04 Å². The fourth-order valence-electron chi connectivity index (χ4n) is 1.61. The SMILES string of the molecule is CCC(N)C(=O)N(CC)Cc1cccc(Cl)c1. The second-order valence-electron chi connectivity index (χ2n) is 4.00. The second kappa shape index (κ2) is 6.62. The average molecular weight is 255 g/mol. The number of nitrogens with zero attached hydrogens (tertiary/aromatic N) is 1. The van der Waals surface area contributed by atoms with E-state index in [4.69, 9.17) is 17.3 Å². The Morgan fingerprint density at radius 3 is 2.71 bits per heavy atom. The van der Waals surface area contributed by atoms with Crippen molar-refractivity contribution in [2.45, 2.75) is 32.9 Å². The average Bonchev–Trinajstić information content (AvgIpc) is 2.34. The van der Waals surface area contributed by atoms with Crippen molar-refractivity contribution in [2.75, 3.05) is 6.54 Å². The van der Waals surface area contributed by atoms with Gasteiger partial charge in [0.15, 0.2) is 0 Å². The van der Waals surface area contributed by atoms with Crippen LogP contribution in [0.25, 0.3) is 0 Å². The smallest absolute Gasteiger partial charge is 0.239 e. The number of carbonyl (C=O) groups is 1. The lowest BCUT2D eigenvalue weighted by Gasteiger charge is -2.24. The number of nitrogens with two attached hydrogens (primary N) is 1. The fourth-order valence-corrected chi connectivity index (χ4v) is 1.82. The summed E-state index contributed by atoms with van der Waals surface area (Å²) in [6, 6.07) is 7.12. The van der Waals surface area contributed by atoms with Crippen LogP contribution >= 0.6 is 11.6 Å². The van der Waals surface area contributed by atoms with Gasteiger partial charge in [0.25, 0.3) is 0 Å². The molecule has 4 heteroatoms. The Balaban J connectivity index is 2.73. The molecule has 0 bridgehead atoms. The van der Waals surface area contributed by atoms with Crippen LogP contribution in [0, 0.1) is 0 Å². The van der Waals surface area contributed by atoms with Gasteiger partial charge in [-0.2, -0.15) is 0 Å². The monoisotopic (exact) mass is 254 g/mol. The third-order valence-electron chi connectivity index (χ3n) is 2.71. The summed E-state index contributed by atoms with van der Waals surface area (Å²) in [6.07, 6.45) is 0.658. The van der Waals surface area contributed by atoms with Crippen molar-refractivity contribution >= 4 is 17.5 Å². The van der Waals surface area contributed by atoms with Crippen LogP contribution in [0.2, 0.25) is 5.02 Å². The number of hydrogen-bond acceptors (Lipinski definition) is 2. The van der Waals surface area contributed by atoms with E-state index in [0.29, 0.717) is 24.5 Å². The van der Waals surface area contributed by atoms with Gasteiger partial charge < -0.3 is 10.6 Å². The van der Waals surface area contributed by atoms with Gasteiger partial charge in [-0.15, -0.1) is 0 Å². The summed E-state index contributed by atoms with van der Waals surface area (Å²) in [4.78, 5) is 13.7. The maximum atomic E-state index is 12.0. The number of likely N-dealkylation sites (N-methyl/N-ethyl adjacent to an activating group) is 1. The highest BCUT2D eigenvalue weighted by atomic mass is 35.5. The van der Waals surface area contributed by atoms with Crippen molar-refractivity contribution in [2.24, 2.45) is 5.73 Å². The summed E-state index contributed by atoms with van der Waals surface area (Å²) in [7, 11) is 0. The molecule has 1 rings (SSSR count). The molecule has 17 heavy (non-hydrogen) atoms. The zero-order valence-corrected chi connectivity index (χ0v) is 11.1. The minimum absolute atomic E-state index is 0.00465. The first-order chi connectivity index (χ1) is 8.08. The zero-order chi connectivity index (χ0) is 12.8. The molecule has 1 aromatic carbocycles. The zero-order valence-electron chi connectivity index (χ0n) is 10.3. The third-order valence-corrected chi connectivity index (χ3v) is 2.95. The van der Waals surface area contributed by atoms with Gasteiger partial charge in [-0.1, -0.05) is 30.7 Å². The predicted octanol–water partition coefficient (Wildman–Crippen LogP) is 2.43. The Morgan fingerprint density at radius 2 is 2.18 bits per heavy atom. The lowest BCUT2D eigenvalue weighted by molar-refractivity contribution is -0.133. The summed E-state index contributed by atoms with van der Waals surface area (Å²) in [5.74, 6) is -0.00465. The molecule has 0 aromatic heterocycles. The van der Waals surface area contributed by atoms with Gasteiger partial charge >= 0.3 is 0 Å². The van der Waals surface area contributed by atoms with Crippen molar-refractivity contribution in [1.29, 1.82) is 0 Å².